The third-order valence-corrected chi connectivity index (χ3v) is 4.24. The molecular weight excluding hydrogens is 260 g/mol. The van der Waals surface area contributed by atoms with Crippen LogP contribution in [0.1, 0.15) is 5.01 Å². The standard InChI is InChI=1S/C10H10N2O3S2/c13-8-1-3-9(4-2-8)17(14,15)12-7-10-11-5-6-16-10/h1-6,12-13H,7H2. The van der Waals surface area contributed by atoms with E-state index < -0.39 is 10.0 Å². The van der Waals surface area contributed by atoms with Crippen molar-refractivity contribution in [1.82, 2.24) is 9.71 Å². The molecule has 1 aromatic heterocycles. The van der Waals surface area contributed by atoms with Crippen LogP contribution >= 0.6 is 11.3 Å². The van der Waals surface area contributed by atoms with Gasteiger partial charge in [-0.3, -0.25) is 0 Å². The number of nitrogens with zero attached hydrogens (tertiary/aromatic N) is 1. The third-order valence-electron chi connectivity index (χ3n) is 2.04. The van der Waals surface area contributed by atoms with Crippen molar-refractivity contribution in [3.8, 4) is 5.75 Å². The quantitative estimate of drug-likeness (QED) is 0.878. The van der Waals surface area contributed by atoms with Crippen LogP contribution in [-0.2, 0) is 16.6 Å². The number of phenols is 1. The Morgan fingerprint density at radius 1 is 1.29 bits per heavy atom. The van der Waals surface area contributed by atoms with E-state index in [0.717, 1.165) is 0 Å². The number of aromatic nitrogens is 1. The minimum absolute atomic E-state index is 0.0314. The van der Waals surface area contributed by atoms with Crippen molar-refractivity contribution >= 4 is 21.4 Å². The summed E-state index contributed by atoms with van der Waals surface area (Å²) in [5, 5.41) is 11.6. The lowest BCUT2D eigenvalue weighted by Crippen LogP contribution is -2.23. The molecule has 0 amide bonds. The predicted molar refractivity (Wildman–Crippen MR) is 64.2 cm³/mol. The van der Waals surface area contributed by atoms with Gasteiger partial charge < -0.3 is 5.11 Å². The molecule has 0 fully saturated rings. The Morgan fingerprint density at radius 2 is 2.00 bits per heavy atom. The van der Waals surface area contributed by atoms with E-state index in [1.54, 1.807) is 11.6 Å². The highest BCUT2D eigenvalue weighted by molar-refractivity contribution is 7.89. The lowest BCUT2D eigenvalue weighted by Gasteiger charge is -2.04. The molecule has 0 saturated carbocycles. The maximum absolute atomic E-state index is 11.8. The fourth-order valence-corrected chi connectivity index (χ4v) is 2.84. The topological polar surface area (TPSA) is 79.3 Å². The van der Waals surface area contributed by atoms with Gasteiger partial charge in [-0.15, -0.1) is 11.3 Å². The van der Waals surface area contributed by atoms with Gasteiger partial charge in [0, 0.05) is 11.6 Å². The van der Waals surface area contributed by atoms with Gasteiger partial charge in [-0.1, -0.05) is 0 Å². The number of phenolic OH excluding ortho intramolecular Hbond substituents is 1. The maximum atomic E-state index is 11.8. The molecule has 0 atom stereocenters. The Balaban J connectivity index is 2.11. The molecular formula is C10H10N2O3S2. The SMILES string of the molecule is O=S(=O)(NCc1nccs1)c1ccc(O)cc1. The van der Waals surface area contributed by atoms with Gasteiger partial charge in [0.25, 0.3) is 0 Å². The number of nitrogens with one attached hydrogen (secondary N) is 1. The Hall–Kier alpha value is -1.44. The summed E-state index contributed by atoms with van der Waals surface area (Å²) in [5.74, 6) is 0.0314. The van der Waals surface area contributed by atoms with Crippen LogP contribution in [0.15, 0.2) is 40.7 Å². The Kier molecular flexibility index (Phi) is 3.41. The number of rotatable bonds is 4. The minimum Gasteiger partial charge on any atom is -0.508 e. The van der Waals surface area contributed by atoms with Crippen LogP contribution in [0, 0.1) is 0 Å². The molecule has 2 aromatic rings. The lowest BCUT2D eigenvalue weighted by atomic mass is 10.3. The summed E-state index contributed by atoms with van der Waals surface area (Å²) in [6.45, 7) is 0.168. The zero-order chi connectivity index (χ0) is 12.3. The van der Waals surface area contributed by atoms with E-state index in [9.17, 15) is 8.42 Å². The van der Waals surface area contributed by atoms with Crippen LogP contribution < -0.4 is 4.72 Å². The zero-order valence-corrected chi connectivity index (χ0v) is 10.3. The summed E-state index contributed by atoms with van der Waals surface area (Å²) in [5.41, 5.74) is 0. The first-order chi connectivity index (χ1) is 8.08. The van der Waals surface area contributed by atoms with Crippen molar-refractivity contribution in [2.24, 2.45) is 0 Å². The largest absolute Gasteiger partial charge is 0.508 e. The third kappa shape index (κ3) is 3.02. The van der Waals surface area contributed by atoms with E-state index in [1.165, 1.54) is 35.6 Å². The van der Waals surface area contributed by atoms with E-state index >= 15 is 0 Å². The molecule has 0 aliphatic carbocycles. The summed E-state index contributed by atoms with van der Waals surface area (Å²) >= 11 is 1.38. The fourth-order valence-electron chi connectivity index (χ4n) is 1.21. The summed E-state index contributed by atoms with van der Waals surface area (Å²) in [6, 6.07) is 5.36. The number of thiazole rings is 1. The average Bonchev–Trinajstić information content (AvgIpc) is 2.80. The lowest BCUT2D eigenvalue weighted by molar-refractivity contribution is 0.474. The molecule has 0 unspecified atom stereocenters. The van der Waals surface area contributed by atoms with Crippen molar-refractivity contribution in [3.05, 3.63) is 40.8 Å². The van der Waals surface area contributed by atoms with Crippen LogP contribution in [0.2, 0.25) is 0 Å². The van der Waals surface area contributed by atoms with Gasteiger partial charge in [-0.25, -0.2) is 18.1 Å². The normalized spacial score (nSPS) is 11.5. The van der Waals surface area contributed by atoms with E-state index in [2.05, 4.69) is 9.71 Å². The Morgan fingerprint density at radius 3 is 2.59 bits per heavy atom. The summed E-state index contributed by atoms with van der Waals surface area (Å²) in [4.78, 5) is 4.10. The molecule has 0 aliphatic heterocycles. The second-order valence-corrected chi connectivity index (χ2v) is 5.99. The van der Waals surface area contributed by atoms with E-state index in [-0.39, 0.29) is 17.2 Å². The number of hydrogen-bond donors (Lipinski definition) is 2. The van der Waals surface area contributed by atoms with Crippen LogP contribution in [0.3, 0.4) is 0 Å². The number of benzene rings is 1. The molecule has 0 spiro atoms. The monoisotopic (exact) mass is 270 g/mol. The van der Waals surface area contributed by atoms with Gasteiger partial charge in [0.2, 0.25) is 10.0 Å². The first-order valence-corrected chi connectivity index (χ1v) is 7.11. The smallest absolute Gasteiger partial charge is 0.240 e. The van der Waals surface area contributed by atoms with E-state index in [1.807, 2.05) is 0 Å². The number of aromatic hydroxyl groups is 1. The maximum Gasteiger partial charge on any atom is 0.240 e. The highest BCUT2D eigenvalue weighted by Crippen LogP contribution is 2.14. The molecule has 0 radical (unpaired) electrons. The first-order valence-electron chi connectivity index (χ1n) is 4.75. The van der Waals surface area contributed by atoms with E-state index in [0.29, 0.717) is 5.01 Å². The summed E-state index contributed by atoms with van der Waals surface area (Å²) in [7, 11) is -3.55. The van der Waals surface area contributed by atoms with Gasteiger partial charge in [-0.2, -0.15) is 0 Å². The molecule has 2 rings (SSSR count). The number of hydrogen-bond acceptors (Lipinski definition) is 5. The average molecular weight is 270 g/mol. The molecule has 7 heteroatoms. The molecule has 0 saturated heterocycles. The van der Waals surface area contributed by atoms with Crippen molar-refractivity contribution in [1.29, 1.82) is 0 Å². The molecule has 17 heavy (non-hydrogen) atoms. The van der Waals surface area contributed by atoms with Crippen molar-refractivity contribution in [3.63, 3.8) is 0 Å². The Bertz CT molecular complexity index is 577. The predicted octanol–water partition coefficient (Wildman–Crippen LogP) is 1.33. The van der Waals surface area contributed by atoms with Gasteiger partial charge in [0.1, 0.15) is 10.8 Å². The van der Waals surface area contributed by atoms with E-state index in [4.69, 9.17) is 5.11 Å². The number of sulfonamides is 1. The highest BCUT2D eigenvalue weighted by atomic mass is 32.2. The summed E-state index contributed by atoms with van der Waals surface area (Å²) in [6.07, 6.45) is 1.62. The highest BCUT2D eigenvalue weighted by Gasteiger charge is 2.13. The van der Waals surface area contributed by atoms with Gasteiger partial charge in [0.15, 0.2) is 0 Å². The molecule has 0 bridgehead atoms. The molecule has 1 aromatic carbocycles. The van der Waals surface area contributed by atoms with Gasteiger partial charge in [-0.05, 0) is 24.3 Å². The van der Waals surface area contributed by atoms with Crippen molar-refractivity contribution < 1.29 is 13.5 Å². The Labute approximate surface area is 103 Å². The van der Waals surface area contributed by atoms with Crippen LogP contribution in [-0.4, -0.2) is 18.5 Å². The van der Waals surface area contributed by atoms with Crippen molar-refractivity contribution in [2.45, 2.75) is 11.4 Å². The molecule has 5 nitrogen and oxygen atoms in total. The molecule has 0 aliphatic rings. The van der Waals surface area contributed by atoms with Crippen LogP contribution in [0.5, 0.6) is 5.75 Å². The first kappa shape index (κ1) is 12.0. The zero-order valence-electron chi connectivity index (χ0n) is 8.70. The molecule has 2 N–H and O–H groups in total. The van der Waals surface area contributed by atoms with Gasteiger partial charge in [0.05, 0.1) is 11.4 Å². The molecule has 90 valence electrons. The minimum atomic E-state index is -3.55. The van der Waals surface area contributed by atoms with Crippen molar-refractivity contribution in [2.75, 3.05) is 0 Å². The fraction of sp³-hybridized carbons (Fsp3) is 0.100. The van der Waals surface area contributed by atoms with Crippen LogP contribution in [0.4, 0.5) is 0 Å². The second kappa shape index (κ2) is 4.82. The summed E-state index contributed by atoms with van der Waals surface area (Å²) < 4.78 is 26.1. The molecule has 1 heterocycles. The second-order valence-electron chi connectivity index (χ2n) is 3.24. The van der Waals surface area contributed by atoms with Gasteiger partial charge >= 0.3 is 0 Å². The van der Waals surface area contributed by atoms with Crippen LogP contribution in [0.25, 0.3) is 0 Å².